The zero-order valence-electron chi connectivity index (χ0n) is 13.6. The molecule has 116 valence electrons. The predicted octanol–water partition coefficient (Wildman–Crippen LogP) is 2.15. The minimum absolute atomic E-state index is 0.832. The van der Waals surface area contributed by atoms with E-state index in [0.717, 1.165) is 37.6 Å². The van der Waals surface area contributed by atoms with Crippen molar-refractivity contribution in [3.63, 3.8) is 0 Å². The summed E-state index contributed by atoms with van der Waals surface area (Å²) in [4.78, 5) is 1.60. The zero-order chi connectivity index (χ0) is 15.5. The summed E-state index contributed by atoms with van der Waals surface area (Å²) in [6, 6.07) is 13.1. The van der Waals surface area contributed by atoms with E-state index in [1.165, 1.54) is 22.3 Å². The molecule has 22 heavy (non-hydrogen) atoms. The van der Waals surface area contributed by atoms with Crippen LogP contribution in [0.25, 0.3) is 0 Å². The fourth-order valence-corrected chi connectivity index (χ4v) is 3.29. The summed E-state index contributed by atoms with van der Waals surface area (Å²) in [5.41, 5.74) is 5.52. The van der Waals surface area contributed by atoms with Gasteiger partial charge in [-0.15, -0.1) is 0 Å². The molecule has 0 saturated heterocycles. The molecule has 0 aromatic heterocycles. The Labute approximate surface area is 132 Å². The van der Waals surface area contributed by atoms with Gasteiger partial charge in [-0.1, -0.05) is 29.8 Å². The van der Waals surface area contributed by atoms with E-state index >= 15 is 0 Å². The lowest BCUT2D eigenvalue weighted by Crippen LogP contribution is -3.10. The van der Waals surface area contributed by atoms with Gasteiger partial charge in [-0.25, -0.2) is 0 Å². The van der Waals surface area contributed by atoms with E-state index in [0.29, 0.717) is 0 Å². The van der Waals surface area contributed by atoms with Crippen LogP contribution in [0.3, 0.4) is 0 Å². The topological polar surface area (TPSA) is 22.9 Å². The van der Waals surface area contributed by atoms with Crippen molar-refractivity contribution in [2.75, 3.05) is 20.8 Å². The highest BCUT2D eigenvalue weighted by molar-refractivity contribution is 5.47. The number of rotatable bonds is 4. The summed E-state index contributed by atoms with van der Waals surface area (Å²) < 4.78 is 10.8. The van der Waals surface area contributed by atoms with Gasteiger partial charge in [-0.2, -0.15) is 0 Å². The van der Waals surface area contributed by atoms with Gasteiger partial charge in [-0.05, 0) is 24.6 Å². The summed E-state index contributed by atoms with van der Waals surface area (Å²) >= 11 is 0. The van der Waals surface area contributed by atoms with Gasteiger partial charge < -0.3 is 14.4 Å². The van der Waals surface area contributed by atoms with E-state index in [2.05, 4.69) is 43.3 Å². The molecule has 0 amide bonds. The van der Waals surface area contributed by atoms with E-state index in [-0.39, 0.29) is 0 Å². The summed E-state index contributed by atoms with van der Waals surface area (Å²) in [6.07, 6.45) is 1.09. The number of methoxy groups -OCH3 is 2. The maximum atomic E-state index is 5.44. The van der Waals surface area contributed by atoms with Gasteiger partial charge >= 0.3 is 0 Å². The minimum atomic E-state index is 0.832. The lowest BCUT2D eigenvalue weighted by Gasteiger charge is -2.27. The average Bonchev–Trinajstić information content (AvgIpc) is 2.53. The molecule has 1 aliphatic rings. The summed E-state index contributed by atoms with van der Waals surface area (Å²) in [6.45, 7) is 5.44. The van der Waals surface area contributed by atoms with Crippen LogP contribution in [0.1, 0.15) is 22.3 Å². The van der Waals surface area contributed by atoms with Gasteiger partial charge in [-0.3, -0.25) is 0 Å². The van der Waals surface area contributed by atoms with Crippen LogP contribution in [0.4, 0.5) is 0 Å². The molecule has 0 radical (unpaired) electrons. The number of nitrogens with one attached hydrogen (secondary N) is 1. The molecule has 0 aliphatic carbocycles. The van der Waals surface area contributed by atoms with Gasteiger partial charge in [0, 0.05) is 17.5 Å². The van der Waals surface area contributed by atoms with Gasteiger partial charge in [0.15, 0.2) is 11.5 Å². The highest BCUT2D eigenvalue weighted by Gasteiger charge is 2.22. The first kappa shape index (κ1) is 14.9. The summed E-state index contributed by atoms with van der Waals surface area (Å²) in [5, 5.41) is 0. The van der Waals surface area contributed by atoms with Crippen LogP contribution in [0.2, 0.25) is 0 Å². The molecule has 3 heteroatoms. The van der Waals surface area contributed by atoms with Crippen LogP contribution in [-0.4, -0.2) is 20.8 Å². The van der Waals surface area contributed by atoms with Crippen LogP contribution in [0.15, 0.2) is 36.4 Å². The van der Waals surface area contributed by atoms with Crippen molar-refractivity contribution < 1.29 is 14.4 Å². The normalized spacial score (nSPS) is 17.0. The first-order chi connectivity index (χ1) is 10.7. The first-order valence-electron chi connectivity index (χ1n) is 7.82. The second kappa shape index (κ2) is 6.41. The Hall–Kier alpha value is -2.00. The van der Waals surface area contributed by atoms with E-state index in [4.69, 9.17) is 9.47 Å². The van der Waals surface area contributed by atoms with E-state index in [1.54, 1.807) is 19.1 Å². The molecule has 1 heterocycles. The molecule has 2 aromatic rings. The smallest absolute Gasteiger partial charge is 0.161 e. The molecule has 0 saturated carbocycles. The number of hydrogen-bond donors (Lipinski definition) is 1. The predicted molar refractivity (Wildman–Crippen MR) is 87.7 cm³/mol. The molecule has 1 unspecified atom stereocenters. The zero-order valence-corrected chi connectivity index (χ0v) is 13.6. The third-order valence-corrected chi connectivity index (χ3v) is 4.43. The van der Waals surface area contributed by atoms with Crippen molar-refractivity contribution in [3.05, 3.63) is 58.7 Å². The Kier molecular flexibility index (Phi) is 4.34. The second-order valence-corrected chi connectivity index (χ2v) is 6.07. The average molecular weight is 298 g/mol. The van der Waals surface area contributed by atoms with Gasteiger partial charge in [0.25, 0.3) is 0 Å². The molecular weight excluding hydrogens is 274 g/mol. The number of fused-ring (bicyclic) bond motifs is 1. The SMILES string of the molecule is COc1cc2c(cc1OC)C[NH+](Cc1cccc(C)c1)CC2. The Balaban J connectivity index is 1.78. The lowest BCUT2D eigenvalue weighted by atomic mass is 9.98. The van der Waals surface area contributed by atoms with Crippen molar-refractivity contribution in [1.29, 1.82) is 0 Å². The van der Waals surface area contributed by atoms with E-state index in [9.17, 15) is 0 Å². The molecule has 2 aromatic carbocycles. The van der Waals surface area contributed by atoms with Crippen molar-refractivity contribution in [3.8, 4) is 11.5 Å². The number of benzene rings is 2. The van der Waals surface area contributed by atoms with E-state index in [1.807, 2.05) is 0 Å². The van der Waals surface area contributed by atoms with Gasteiger partial charge in [0.2, 0.25) is 0 Å². The first-order valence-corrected chi connectivity index (χ1v) is 7.82. The largest absolute Gasteiger partial charge is 0.493 e. The number of quaternary nitrogens is 1. The van der Waals surface area contributed by atoms with Crippen molar-refractivity contribution in [1.82, 2.24) is 0 Å². The van der Waals surface area contributed by atoms with Crippen LogP contribution in [0, 0.1) is 6.92 Å². The van der Waals surface area contributed by atoms with Crippen LogP contribution in [-0.2, 0) is 19.5 Å². The van der Waals surface area contributed by atoms with Gasteiger partial charge in [0.1, 0.15) is 13.1 Å². The number of aryl methyl sites for hydroxylation is 1. The summed E-state index contributed by atoms with van der Waals surface area (Å²) in [5.74, 6) is 1.67. The highest BCUT2D eigenvalue weighted by Crippen LogP contribution is 2.31. The quantitative estimate of drug-likeness (QED) is 0.935. The Bertz CT molecular complexity index is 666. The molecule has 1 N–H and O–H groups in total. The third-order valence-electron chi connectivity index (χ3n) is 4.43. The Morgan fingerprint density at radius 2 is 1.73 bits per heavy atom. The maximum Gasteiger partial charge on any atom is 0.161 e. The number of hydrogen-bond acceptors (Lipinski definition) is 2. The molecular formula is C19H24NO2+. The van der Waals surface area contributed by atoms with Crippen LogP contribution >= 0.6 is 0 Å². The van der Waals surface area contributed by atoms with Crippen molar-refractivity contribution in [2.45, 2.75) is 26.4 Å². The maximum absolute atomic E-state index is 5.44. The second-order valence-electron chi connectivity index (χ2n) is 6.07. The van der Waals surface area contributed by atoms with E-state index < -0.39 is 0 Å². The molecule has 3 rings (SSSR count). The third kappa shape index (κ3) is 3.09. The molecule has 0 fully saturated rings. The fraction of sp³-hybridized carbons (Fsp3) is 0.368. The molecule has 1 atom stereocenters. The highest BCUT2D eigenvalue weighted by atomic mass is 16.5. The number of ether oxygens (including phenoxy) is 2. The van der Waals surface area contributed by atoms with Crippen molar-refractivity contribution in [2.24, 2.45) is 0 Å². The van der Waals surface area contributed by atoms with Crippen LogP contribution in [0.5, 0.6) is 11.5 Å². The fourth-order valence-electron chi connectivity index (χ4n) is 3.29. The Morgan fingerprint density at radius 1 is 1.00 bits per heavy atom. The molecule has 3 nitrogen and oxygen atoms in total. The lowest BCUT2D eigenvalue weighted by molar-refractivity contribution is -0.929. The molecule has 1 aliphatic heterocycles. The van der Waals surface area contributed by atoms with Crippen molar-refractivity contribution >= 4 is 0 Å². The minimum Gasteiger partial charge on any atom is -0.493 e. The van der Waals surface area contributed by atoms with Gasteiger partial charge in [0.05, 0.1) is 20.8 Å². The van der Waals surface area contributed by atoms with Crippen LogP contribution < -0.4 is 14.4 Å². The summed E-state index contributed by atoms with van der Waals surface area (Å²) in [7, 11) is 3.40. The standard InChI is InChI=1S/C19H23NO2/c1-14-5-4-6-15(9-14)12-20-8-7-16-10-18(21-2)19(22-3)11-17(16)13-20/h4-6,9-11H,7-8,12-13H2,1-3H3/p+1. The monoisotopic (exact) mass is 298 g/mol. The molecule has 0 bridgehead atoms. The molecule has 0 spiro atoms. The Morgan fingerprint density at radius 3 is 2.41 bits per heavy atom.